The Balaban J connectivity index is 2.16. The third-order valence-corrected chi connectivity index (χ3v) is 14.8. The molecule has 0 aliphatic carbocycles. The summed E-state index contributed by atoms with van der Waals surface area (Å²) in [6.45, 7) is 6.13. The fourth-order valence-corrected chi connectivity index (χ4v) is 11.4. The molecule has 0 bridgehead atoms. The van der Waals surface area contributed by atoms with E-state index in [1.165, 1.54) is 0 Å². The molecule has 0 aliphatic heterocycles. The molecule has 0 N–H and O–H groups in total. The zero-order valence-corrected chi connectivity index (χ0v) is 21.6. The van der Waals surface area contributed by atoms with Gasteiger partial charge in [-0.05, 0) is 0 Å². The SMILES string of the molecule is Cc1c(Cl)c(C)c(CP(Cl)(c2ccccc2)(c2ccccc2)c2ccccc2)c(C)c1Cl. The van der Waals surface area contributed by atoms with Gasteiger partial charge in [-0.1, -0.05) is 0 Å². The first-order valence-corrected chi connectivity index (χ1v) is 14.7. The van der Waals surface area contributed by atoms with Crippen molar-refractivity contribution < 1.29 is 0 Å². The van der Waals surface area contributed by atoms with E-state index in [0.717, 1.165) is 38.2 Å². The van der Waals surface area contributed by atoms with Crippen LogP contribution in [0.4, 0.5) is 0 Å². The Morgan fingerprint density at radius 2 is 0.844 bits per heavy atom. The summed E-state index contributed by atoms with van der Waals surface area (Å²) < 4.78 is 0. The molecule has 0 radical (unpaired) electrons. The van der Waals surface area contributed by atoms with Gasteiger partial charge in [0.2, 0.25) is 0 Å². The van der Waals surface area contributed by atoms with Gasteiger partial charge < -0.3 is 0 Å². The Labute approximate surface area is 205 Å². The zero-order valence-electron chi connectivity index (χ0n) is 18.4. The second-order valence-corrected chi connectivity index (χ2v) is 15.6. The summed E-state index contributed by atoms with van der Waals surface area (Å²) in [7, 11) is 0. The third-order valence-electron chi connectivity index (χ3n) is 6.56. The van der Waals surface area contributed by atoms with Crippen molar-refractivity contribution in [3.8, 4) is 0 Å². The van der Waals surface area contributed by atoms with E-state index >= 15 is 0 Å². The Morgan fingerprint density at radius 1 is 0.531 bits per heavy atom. The Kier molecular flexibility index (Phi) is 6.45. The molecule has 4 heteroatoms. The molecule has 0 saturated carbocycles. The third kappa shape index (κ3) is 3.59. The number of rotatable bonds is 5. The van der Waals surface area contributed by atoms with E-state index in [-0.39, 0.29) is 0 Å². The van der Waals surface area contributed by atoms with Crippen LogP contribution in [-0.2, 0) is 6.16 Å². The summed E-state index contributed by atoms with van der Waals surface area (Å²) >= 11 is 21.8. The first-order chi connectivity index (χ1) is 15.3. The van der Waals surface area contributed by atoms with Crippen molar-refractivity contribution in [2.24, 2.45) is 0 Å². The number of hydrogen-bond acceptors (Lipinski definition) is 0. The van der Waals surface area contributed by atoms with Gasteiger partial charge >= 0.3 is 207 Å². The second kappa shape index (κ2) is 8.85. The summed E-state index contributed by atoms with van der Waals surface area (Å²) in [5.74, 6) is -3.46. The van der Waals surface area contributed by atoms with Crippen LogP contribution in [0.15, 0.2) is 91.0 Å². The maximum absolute atomic E-state index is 8.24. The molecule has 4 rings (SSSR count). The van der Waals surface area contributed by atoms with Crippen molar-refractivity contribution in [3.05, 3.63) is 123 Å². The molecule has 0 heterocycles. The van der Waals surface area contributed by atoms with Gasteiger partial charge in [-0.2, -0.15) is 0 Å². The van der Waals surface area contributed by atoms with E-state index in [1.807, 2.05) is 25.1 Å². The molecule has 4 aromatic carbocycles. The van der Waals surface area contributed by atoms with E-state index < -0.39 is 5.96 Å². The van der Waals surface area contributed by atoms with E-state index in [2.05, 4.69) is 86.6 Å². The fraction of sp³-hybridized carbons (Fsp3) is 0.143. The molecule has 0 saturated heterocycles. The Bertz CT molecular complexity index is 1120. The topological polar surface area (TPSA) is 0 Å². The van der Waals surface area contributed by atoms with Crippen molar-refractivity contribution in [1.82, 2.24) is 0 Å². The van der Waals surface area contributed by atoms with Gasteiger partial charge in [0.25, 0.3) is 0 Å². The molecular weight excluding hydrogens is 474 g/mol. The van der Waals surface area contributed by atoms with Crippen LogP contribution in [0.2, 0.25) is 10.0 Å². The monoisotopic (exact) mass is 498 g/mol. The van der Waals surface area contributed by atoms with Crippen LogP contribution in [-0.4, -0.2) is 0 Å². The van der Waals surface area contributed by atoms with Crippen LogP contribution in [0.25, 0.3) is 0 Å². The summed E-state index contributed by atoms with van der Waals surface area (Å²) in [6.07, 6.45) is 0.628. The van der Waals surface area contributed by atoms with Crippen LogP contribution < -0.4 is 15.9 Å². The predicted octanol–water partition coefficient (Wildman–Crippen LogP) is 8.10. The summed E-state index contributed by atoms with van der Waals surface area (Å²) in [4.78, 5) is 0. The van der Waals surface area contributed by atoms with Crippen molar-refractivity contribution in [3.63, 3.8) is 0 Å². The fourth-order valence-electron chi connectivity index (χ4n) is 4.68. The molecule has 0 aliphatic rings. The number of hydrogen-bond donors (Lipinski definition) is 0. The van der Waals surface area contributed by atoms with E-state index in [1.54, 1.807) is 0 Å². The quantitative estimate of drug-likeness (QED) is 0.243. The molecule has 0 nitrogen and oxygen atoms in total. The van der Waals surface area contributed by atoms with E-state index in [4.69, 9.17) is 34.4 Å². The van der Waals surface area contributed by atoms with Crippen molar-refractivity contribution in [2.45, 2.75) is 26.9 Å². The predicted molar refractivity (Wildman–Crippen MR) is 145 cm³/mol. The minimum absolute atomic E-state index is 0.628. The molecule has 4 aromatic rings. The zero-order chi connectivity index (χ0) is 23.0. The van der Waals surface area contributed by atoms with Gasteiger partial charge in [-0.25, -0.2) is 0 Å². The normalized spacial score (nSPS) is 12.9. The van der Waals surface area contributed by atoms with Gasteiger partial charge in [0.1, 0.15) is 0 Å². The van der Waals surface area contributed by atoms with Crippen LogP contribution in [0, 0.1) is 20.8 Å². The van der Waals surface area contributed by atoms with Gasteiger partial charge in [0.15, 0.2) is 0 Å². The van der Waals surface area contributed by atoms with Crippen LogP contribution in [0.3, 0.4) is 0 Å². The second-order valence-electron chi connectivity index (χ2n) is 8.33. The molecule has 0 spiro atoms. The molecule has 0 aromatic heterocycles. The van der Waals surface area contributed by atoms with Gasteiger partial charge in [-0.3, -0.25) is 0 Å². The first kappa shape index (κ1) is 23.3. The summed E-state index contributed by atoms with van der Waals surface area (Å²) in [5.41, 5.74) is 4.13. The van der Waals surface area contributed by atoms with Crippen molar-refractivity contribution in [2.75, 3.05) is 0 Å². The first-order valence-electron chi connectivity index (χ1n) is 10.6. The molecule has 32 heavy (non-hydrogen) atoms. The summed E-state index contributed by atoms with van der Waals surface area (Å²) in [5, 5.41) is 4.82. The molecule has 0 fully saturated rings. The Morgan fingerprint density at radius 3 is 1.16 bits per heavy atom. The van der Waals surface area contributed by atoms with Crippen molar-refractivity contribution >= 4 is 56.3 Å². The van der Waals surface area contributed by atoms with Gasteiger partial charge in [0, 0.05) is 0 Å². The van der Waals surface area contributed by atoms with Crippen LogP contribution in [0.5, 0.6) is 0 Å². The maximum atomic E-state index is 8.24. The standard InChI is InChI=1S/C28H26Cl3P/c1-20-26(21(2)28(30)22(3)27(20)29)19-32(31,23-13-7-4-8-14-23,24-15-9-5-10-16-24)25-17-11-6-12-18-25/h4-18H,19H2,1-3H3. The average molecular weight is 500 g/mol. The van der Waals surface area contributed by atoms with Gasteiger partial charge in [0.05, 0.1) is 0 Å². The van der Waals surface area contributed by atoms with Gasteiger partial charge in [-0.15, -0.1) is 0 Å². The van der Waals surface area contributed by atoms with Crippen molar-refractivity contribution in [1.29, 1.82) is 0 Å². The van der Waals surface area contributed by atoms with Crippen LogP contribution >= 0.6 is 40.4 Å². The van der Waals surface area contributed by atoms with E-state index in [0.29, 0.717) is 16.2 Å². The number of benzene rings is 4. The molecule has 164 valence electrons. The average Bonchev–Trinajstić information content (AvgIpc) is 2.86. The van der Waals surface area contributed by atoms with Crippen LogP contribution in [0.1, 0.15) is 22.3 Å². The molecule has 0 unspecified atom stereocenters. The minimum atomic E-state index is -3.46. The molecule has 0 amide bonds. The number of halogens is 3. The summed E-state index contributed by atoms with van der Waals surface area (Å²) in [6, 6.07) is 31.5. The Hall–Kier alpha value is -1.82. The molecule has 0 atom stereocenters. The molecular formula is C28H26Cl3P. The van der Waals surface area contributed by atoms with E-state index in [9.17, 15) is 0 Å².